The van der Waals surface area contributed by atoms with Gasteiger partial charge in [0, 0.05) is 17.5 Å². The first-order chi connectivity index (χ1) is 15.7. The molecule has 0 aliphatic rings. The van der Waals surface area contributed by atoms with E-state index >= 15 is 0 Å². The summed E-state index contributed by atoms with van der Waals surface area (Å²) in [5.74, 6) is 0.127. The monoisotopic (exact) mass is 451 g/mol. The molecule has 1 aromatic heterocycles. The van der Waals surface area contributed by atoms with Crippen LogP contribution in [0.5, 0.6) is 11.5 Å². The molecule has 0 saturated carbocycles. The average molecular weight is 452 g/mol. The number of amides is 1. The fraction of sp³-hybridized carbons (Fsp3) is 0.346. The maximum Gasteiger partial charge on any atom is 0.349 e. The topological polar surface area (TPSA) is 94.8 Å². The van der Waals surface area contributed by atoms with E-state index in [1.807, 2.05) is 39.0 Å². The van der Waals surface area contributed by atoms with Gasteiger partial charge in [-0.1, -0.05) is 26.8 Å². The van der Waals surface area contributed by atoms with Crippen molar-refractivity contribution in [1.29, 1.82) is 0 Å². The summed E-state index contributed by atoms with van der Waals surface area (Å²) in [4.78, 5) is 36.8. The zero-order valence-corrected chi connectivity index (χ0v) is 19.6. The lowest BCUT2D eigenvalue weighted by atomic mass is 9.98. The Morgan fingerprint density at radius 3 is 2.42 bits per heavy atom. The highest BCUT2D eigenvalue weighted by Gasteiger charge is 2.16. The van der Waals surface area contributed by atoms with Gasteiger partial charge in [0.1, 0.15) is 22.6 Å². The Kier molecular flexibility index (Phi) is 7.53. The molecule has 2 aromatic carbocycles. The Balaban J connectivity index is 1.67. The molecule has 1 atom stereocenters. The lowest BCUT2D eigenvalue weighted by Crippen LogP contribution is -2.34. The summed E-state index contributed by atoms with van der Waals surface area (Å²) in [6, 6.07) is 11.7. The maximum absolute atomic E-state index is 12.3. The standard InChI is InChI=1S/C26H29NO6/c1-6-17(5)27-25(29)22-12-18-7-8-20(13-23(18)33-26(22)30)32-24(28)14-31-19-9-10-21(15(2)3)16(4)11-19/h7-13,15,17H,6,14H2,1-5H3,(H,27,29). The Morgan fingerprint density at radius 2 is 1.76 bits per heavy atom. The van der Waals surface area contributed by atoms with Gasteiger partial charge in [0.25, 0.3) is 5.91 Å². The largest absolute Gasteiger partial charge is 0.482 e. The third-order valence-corrected chi connectivity index (χ3v) is 5.39. The van der Waals surface area contributed by atoms with Crippen LogP contribution in [0.15, 0.2) is 51.7 Å². The minimum absolute atomic E-state index is 0.0614. The van der Waals surface area contributed by atoms with E-state index in [2.05, 4.69) is 19.2 Å². The molecule has 0 saturated heterocycles. The van der Waals surface area contributed by atoms with Crippen molar-refractivity contribution in [2.45, 2.75) is 53.0 Å². The van der Waals surface area contributed by atoms with Gasteiger partial charge in [-0.3, -0.25) is 4.79 Å². The number of nitrogens with one attached hydrogen (secondary N) is 1. The lowest BCUT2D eigenvalue weighted by molar-refractivity contribution is -0.136. The average Bonchev–Trinajstić information content (AvgIpc) is 2.76. The predicted octanol–water partition coefficient (Wildman–Crippen LogP) is 4.74. The van der Waals surface area contributed by atoms with Crippen molar-refractivity contribution in [3.05, 3.63) is 69.6 Å². The van der Waals surface area contributed by atoms with Crippen molar-refractivity contribution in [3.63, 3.8) is 0 Å². The number of carbonyl (C=O) groups is 2. The minimum Gasteiger partial charge on any atom is -0.482 e. The van der Waals surface area contributed by atoms with Gasteiger partial charge in [-0.25, -0.2) is 9.59 Å². The molecule has 0 radical (unpaired) electrons. The van der Waals surface area contributed by atoms with Gasteiger partial charge in [-0.2, -0.15) is 0 Å². The van der Waals surface area contributed by atoms with Crippen LogP contribution >= 0.6 is 0 Å². The number of esters is 1. The van der Waals surface area contributed by atoms with Crippen molar-refractivity contribution in [2.24, 2.45) is 0 Å². The fourth-order valence-electron chi connectivity index (χ4n) is 3.41. The van der Waals surface area contributed by atoms with E-state index in [1.165, 1.54) is 17.7 Å². The third-order valence-electron chi connectivity index (χ3n) is 5.39. The van der Waals surface area contributed by atoms with Gasteiger partial charge in [0.2, 0.25) is 0 Å². The summed E-state index contributed by atoms with van der Waals surface area (Å²) >= 11 is 0. The highest BCUT2D eigenvalue weighted by Crippen LogP contribution is 2.24. The first-order valence-corrected chi connectivity index (χ1v) is 11.0. The van der Waals surface area contributed by atoms with Gasteiger partial charge in [0.05, 0.1) is 0 Å². The van der Waals surface area contributed by atoms with E-state index in [0.29, 0.717) is 17.1 Å². The summed E-state index contributed by atoms with van der Waals surface area (Å²) in [7, 11) is 0. The van der Waals surface area contributed by atoms with Crippen molar-refractivity contribution in [3.8, 4) is 11.5 Å². The van der Waals surface area contributed by atoms with E-state index in [-0.39, 0.29) is 29.5 Å². The van der Waals surface area contributed by atoms with Gasteiger partial charge in [-0.05, 0) is 67.6 Å². The number of aryl methyl sites for hydroxylation is 1. The Labute approximate surface area is 192 Å². The van der Waals surface area contributed by atoms with Crippen LogP contribution in [0.1, 0.15) is 61.5 Å². The molecule has 1 heterocycles. The molecular weight excluding hydrogens is 422 g/mol. The number of carbonyl (C=O) groups excluding carboxylic acids is 2. The summed E-state index contributed by atoms with van der Waals surface area (Å²) in [6.07, 6.45) is 0.742. The summed E-state index contributed by atoms with van der Waals surface area (Å²) < 4.78 is 16.2. The molecule has 7 nitrogen and oxygen atoms in total. The van der Waals surface area contributed by atoms with Gasteiger partial charge in [0.15, 0.2) is 6.61 Å². The molecule has 3 rings (SSSR count). The van der Waals surface area contributed by atoms with Crippen LogP contribution in [0.2, 0.25) is 0 Å². The lowest BCUT2D eigenvalue weighted by Gasteiger charge is -2.12. The van der Waals surface area contributed by atoms with Crippen molar-refractivity contribution < 1.29 is 23.5 Å². The molecule has 1 unspecified atom stereocenters. The smallest absolute Gasteiger partial charge is 0.349 e. The molecule has 0 spiro atoms. The van der Waals surface area contributed by atoms with Crippen LogP contribution in [0.25, 0.3) is 11.0 Å². The van der Waals surface area contributed by atoms with Crippen LogP contribution < -0.4 is 20.4 Å². The van der Waals surface area contributed by atoms with E-state index < -0.39 is 17.5 Å². The highest BCUT2D eigenvalue weighted by atomic mass is 16.6. The SMILES string of the molecule is CCC(C)NC(=O)c1cc2ccc(OC(=O)COc3ccc(C(C)C)c(C)c3)cc2oc1=O. The second kappa shape index (κ2) is 10.3. The Hall–Kier alpha value is -3.61. The first kappa shape index (κ1) is 24.0. The van der Waals surface area contributed by atoms with Crippen LogP contribution in [0.3, 0.4) is 0 Å². The van der Waals surface area contributed by atoms with Crippen LogP contribution in [0, 0.1) is 6.92 Å². The number of benzene rings is 2. The van der Waals surface area contributed by atoms with Gasteiger partial charge in [-0.15, -0.1) is 0 Å². The second-order valence-corrected chi connectivity index (χ2v) is 8.37. The molecule has 33 heavy (non-hydrogen) atoms. The predicted molar refractivity (Wildman–Crippen MR) is 126 cm³/mol. The summed E-state index contributed by atoms with van der Waals surface area (Å²) in [6.45, 7) is 9.76. The van der Waals surface area contributed by atoms with E-state index in [1.54, 1.807) is 12.1 Å². The molecule has 3 aromatic rings. The van der Waals surface area contributed by atoms with Crippen molar-refractivity contribution in [1.82, 2.24) is 5.32 Å². The number of hydrogen-bond donors (Lipinski definition) is 1. The quantitative estimate of drug-likeness (QED) is 0.302. The second-order valence-electron chi connectivity index (χ2n) is 8.37. The summed E-state index contributed by atoms with van der Waals surface area (Å²) in [5, 5.41) is 3.29. The molecule has 0 fully saturated rings. The van der Waals surface area contributed by atoms with E-state index in [4.69, 9.17) is 13.9 Å². The molecule has 0 bridgehead atoms. The number of hydrogen-bond acceptors (Lipinski definition) is 6. The Bertz CT molecular complexity index is 1230. The van der Waals surface area contributed by atoms with Crippen LogP contribution in [-0.2, 0) is 4.79 Å². The number of ether oxygens (including phenoxy) is 2. The highest BCUT2D eigenvalue weighted by molar-refractivity contribution is 5.97. The van der Waals surface area contributed by atoms with Gasteiger partial charge < -0.3 is 19.2 Å². The molecule has 174 valence electrons. The minimum atomic E-state index is -0.754. The van der Waals surface area contributed by atoms with Crippen LogP contribution in [0.4, 0.5) is 0 Å². The van der Waals surface area contributed by atoms with Crippen molar-refractivity contribution >= 4 is 22.8 Å². The van der Waals surface area contributed by atoms with Crippen LogP contribution in [-0.4, -0.2) is 24.5 Å². The number of fused-ring (bicyclic) bond motifs is 1. The first-order valence-electron chi connectivity index (χ1n) is 11.0. The Morgan fingerprint density at radius 1 is 1.03 bits per heavy atom. The fourth-order valence-corrected chi connectivity index (χ4v) is 3.41. The molecular formula is C26H29NO6. The van der Waals surface area contributed by atoms with E-state index in [9.17, 15) is 14.4 Å². The van der Waals surface area contributed by atoms with Gasteiger partial charge >= 0.3 is 11.6 Å². The van der Waals surface area contributed by atoms with E-state index in [0.717, 1.165) is 12.0 Å². The zero-order valence-electron chi connectivity index (χ0n) is 19.6. The molecule has 1 amide bonds. The molecule has 0 aliphatic carbocycles. The zero-order chi connectivity index (χ0) is 24.1. The molecule has 7 heteroatoms. The molecule has 1 N–H and O–H groups in total. The molecule has 0 aliphatic heterocycles. The number of rotatable bonds is 8. The maximum atomic E-state index is 12.3. The van der Waals surface area contributed by atoms with Crippen molar-refractivity contribution in [2.75, 3.05) is 6.61 Å². The third kappa shape index (κ3) is 6.00. The normalized spacial score (nSPS) is 11.9. The summed E-state index contributed by atoms with van der Waals surface area (Å²) in [5.41, 5.74) is 1.71.